The molecule has 0 fully saturated rings. The molecule has 0 bridgehead atoms. The van der Waals surface area contributed by atoms with E-state index in [9.17, 15) is 4.39 Å². The van der Waals surface area contributed by atoms with Crippen LogP contribution >= 0.6 is 11.6 Å². The van der Waals surface area contributed by atoms with Crippen LogP contribution in [0.15, 0.2) is 29.4 Å². The molecule has 0 aliphatic rings. The number of rotatable bonds is 4. The van der Waals surface area contributed by atoms with Crippen molar-refractivity contribution in [1.29, 1.82) is 5.41 Å². The molecule has 2 aromatic rings. The summed E-state index contributed by atoms with van der Waals surface area (Å²) in [5.41, 5.74) is 6.02. The van der Waals surface area contributed by atoms with E-state index in [-0.39, 0.29) is 23.0 Å². The van der Waals surface area contributed by atoms with E-state index in [2.05, 4.69) is 4.99 Å². The van der Waals surface area contributed by atoms with Crippen molar-refractivity contribution in [2.75, 3.05) is 7.05 Å². The maximum Gasteiger partial charge on any atom is 0.130 e. The van der Waals surface area contributed by atoms with Crippen molar-refractivity contribution >= 4 is 35.8 Å². The number of aliphatic imine (C=N–C) groups is 1. The Hall–Kier alpha value is -2.40. The number of amidine groups is 1. The molecule has 0 saturated carbocycles. The summed E-state index contributed by atoms with van der Waals surface area (Å²) in [6, 6.07) is 4.69. The molecular formula is C17H18ClFN4. The number of aromatic nitrogens is 1. The van der Waals surface area contributed by atoms with E-state index in [1.54, 1.807) is 13.3 Å². The molecule has 0 amide bonds. The fourth-order valence-electron chi connectivity index (χ4n) is 2.30. The molecular weight excluding hydrogens is 315 g/mol. The largest absolute Gasteiger partial charge is 0.384 e. The Morgan fingerprint density at radius 3 is 2.78 bits per heavy atom. The van der Waals surface area contributed by atoms with Crippen molar-refractivity contribution in [2.24, 2.45) is 10.7 Å². The first-order valence-corrected chi connectivity index (χ1v) is 7.42. The number of nitrogens with two attached hydrogens (primary N) is 1. The first-order chi connectivity index (χ1) is 11.0. The number of nitrogens with zero attached hydrogens (tertiary/aromatic N) is 2. The standard InChI is InChI=1S/C17H18ClFN4/c1-3-11-5-7-23(16(11)4-6-22-2)10-13-14(18)8-12(17(20)21)9-15(13)19/h3-9H,10H2,1-2H3,(H3,20,21)/b11-3-,16-4+,22-6?. The van der Waals surface area contributed by atoms with Gasteiger partial charge in [0.25, 0.3) is 0 Å². The number of hydrogen-bond donors (Lipinski definition) is 2. The quantitative estimate of drug-likeness (QED) is 0.651. The molecule has 1 heterocycles. The minimum Gasteiger partial charge on any atom is -0.384 e. The monoisotopic (exact) mass is 332 g/mol. The summed E-state index contributed by atoms with van der Waals surface area (Å²) >= 11 is 6.18. The van der Waals surface area contributed by atoms with E-state index < -0.39 is 5.82 Å². The molecule has 2 rings (SSSR count). The van der Waals surface area contributed by atoms with Crippen molar-refractivity contribution in [3.8, 4) is 0 Å². The minimum absolute atomic E-state index is 0.214. The Balaban J connectivity index is 2.53. The van der Waals surface area contributed by atoms with Gasteiger partial charge < -0.3 is 10.3 Å². The summed E-state index contributed by atoms with van der Waals surface area (Å²) in [5.74, 6) is -0.692. The van der Waals surface area contributed by atoms with Crippen molar-refractivity contribution in [3.05, 3.63) is 56.9 Å². The second kappa shape index (κ2) is 7.24. The minimum atomic E-state index is -0.478. The van der Waals surface area contributed by atoms with Crippen LogP contribution in [0.1, 0.15) is 18.1 Å². The van der Waals surface area contributed by atoms with Gasteiger partial charge in [-0.25, -0.2) is 4.39 Å². The zero-order chi connectivity index (χ0) is 17.0. The maximum absolute atomic E-state index is 14.3. The Morgan fingerprint density at radius 2 is 2.22 bits per heavy atom. The Labute approximate surface area is 138 Å². The van der Waals surface area contributed by atoms with Crippen LogP contribution in [-0.4, -0.2) is 23.7 Å². The third-order valence-electron chi connectivity index (χ3n) is 3.51. The van der Waals surface area contributed by atoms with Gasteiger partial charge in [0.1, 0.15) is 11.7 Å². The van der Waals surface area contributed by atoms with Gasteiger partial charge >= 0.3 is 0 Å². The molecule has 6 heteroatoms. The molecule has 1 aromatic carbocycles. The van der Waals surface area contributed by atoms with Gasteiger partial charge in [-0.1, -0.05) is 17.7 Å². The Bertz CT molecular complexity index is 857. The first-order valence-electron chi connectivity index (χ1n) is 7.04. The number of hydrogen-bond acceptors (Lipinski definition) is 2. The highest BCUT2D eigenvalue weighted by Gasteiger charge is 2.12. The van der Waals surface area contributed by atoms with Gasteiger partial charge in [-0.3, -0.25) is 10.4 Å². The molecule has 120 valence electrons. The topological polar surface area (TPSA) is 67.2 Å². The Morgan fingerprint density at radius 1 is 1.48 bits per heavy atom. The summed E-state index contributed by atoms with van der Waals surface area (Å²) in [5, 5.41) is 9.58. The van der Waals surface area contributed by atoms with Crippen LogP contribution in [0.2, 0.25) is 5.02 Å². The van der Waals surface area contributed by atoms with Gasteiger partial charge in [0.2, 0.25) is 0 Å². The third-order valence-corrected chi connectivity index (χ3v) is 3.85. The second-order valence-electron chi connectivity index (χ2n) is 4.98. The average molecular weight is 333 g/mol. The third kappa shape index (κ3) is 3.68. The van der Waals surface area contributed by atoms with Crippen LogP contribution in [0.3, 0.4) is 0 Å². The maximum atomic E-state index is 14.3. The van der Waals surface area contributed by atoms with Gasteiger partial charge in [-0.05, 0) is 36.4 Å². The van der Waals surface area contributed by atoms with Gasteiger partial charge in [0.05, 0.1) is 6.54 Å². The molecule has 0 aliphatic carbocycles. The summed E-state index contributed by atoms with van der Waals surface area (Å²) in [4.78, 5) is 3.95. The van der Waals surface area contributed by atoms with Crippen LogP contribution in [0.5, 0.6) is 0 Å². The van der Waals surface area contributed by atoms with Gasteiger partial charge in [-0.2, -0.15) is 0 Å². The van der Waals surface area contributed by atoms with E-state index in [4.69, 9.17) is 22.7 Å². The molecule has 0 saturated heterocycles. The molecule has 4 nitrogen and oxygen atoms in total. The Kier molecular flexibility index (Phi) is 5.34. The summed E-state index contributed by atoms with van der Waals surface area (Å²) in [7, 11) is 1.69. The fourth-order valence-corrected chi connectivity index (χ4v) is 2.57. The van der Waals surface area contributed by atoms with Crippen LogP contribution in [0, 0.1) is 11.2 Å². The second-order valence-corrected chi connectivity index (χ2v) is 5.39. The molecule has 0 aliphatic heterocycles. The normalized spacial score (nSPS) is 13.2. The number of nitrogens with one attached hydrogen (secondary N) is 1. The predicted molar refractivity (Wildman–Crippen MR) is 94.2 cm³/mol. The number of benzene rings is 1. The molecule has 0 atom stereocenters. The highest BCUT2D eigenvalue weighted by atomic mass is 35.5. The summed E-state index contributed by atoms with van der Waals surface area (Å²) in [6.07, 6.45) is 7.41. The lowest BCUT2D eigenvalue weighted by atomic mass is 10.1. The van der Waals surface area contributed by atoms with E-state index in [1.807, 2.05) is 35.9 Å². The van der Waals surface area contributed by atoms with E-state index in [0.717, 1.165) is 10.6 Å². The van der Waals surface area contributed by atoms with Crippen LogP contribution in [0.25, 0.3) is 12.2 Å². The molecule has 1 aromatic heterocycles. The van der Waals surface area contributed by atoms with Crippen LogP contribution < -0.4 is 16.3 Å². The van der Waals surface area contributed by atoms with Gasteiger partial charge in [0.15, 0.2) is 0 Å². The highest BCUT2D eigenvalue weighted by Crippen LogP contribution is 2.22. The molecule has 0 radical (unpaired) electrons. The van der Waals surface area contributed by atoms with Crippen LogP contribution in [0.4, 0.5) is 4.39 Å². The lowest BCUT2D eigenvalue weighted by Crippen LogP contribution is -2.29. The van der Waals surface area contributed by atoms with Crippen LogP contribution in [-0.2, 0) is 6.54 Å². The van der Waals surface area contributed by atoms with E-state index in [1.165, 1.54) is 12.1 Å². The van der Waals surface area contributed by atoms with Crippen molar-refractivity contribution in [1.82, 2.24) is 4.57 Å². The highest BCUT2D eigenvalue weighted by molar-refractivity contribution is 6.31. The zero-order valence-corrected chi connectivity index (χ0v) is 13.7. The van der Waals surface area contributed by atoms with E-state index in [0.29, 0.717) is 5.56 Å². The predicted octanol–water partition coefficient (Wildman–Crippen LogP) is 1.89. The van der Waals surface area contributed by atoms with Crippen molar-refractivity contribution in [3.63, 3.8) is 0 Å². The van der Waals surface area contributed by atoms with Crippen molar-refractivity contribution < 1.29 is 4.39 Å². The summed E-state index contributed by atoms with van der Waals surface area (Å²) in [6.45, 7) is 2.22. The molecule has 0 unspecified atom stereocenters. The average Bonchev–Trinajstić information content (AvgIpc) is 2.90. The first kappa shape index (κ1) is 17.0. The SMILES string of the molecule is C/C=c1/ccn(Cc2c(F)cc(C(=N)N)cc2Cl)/c1=C/C=NC. The number of halogens is 2. The van der Waals surface area contributed by atoms with Gasteiger partial charge in [0, 0.05) is 41.0 Å². The molecule has 0 spiro atoms. The summed E-state index contributed by atoms with van der Waals surface area (Å²) < 4.78 is 16.2. The smallest absolute Gasteiger partial charge is 0.130 e. The van der Waals surface area contributed by atoms with E-state index >= 15 is 0 Å². The van der Waals surface area contributed by atoms with Crippen molar-refractivity contribution in [2.45, 2.75) is 13.5 Å². The number of nitrogen functional groups attached to an aromatic ring is 1. The van der Waals surface area contributed by atoms with Gasteiger partial charge in [-0.15, -0.1) is 0 Å². The molecule has 3 N–H and O–H groups in total. The lowest BCUT2D eigenvalue weighted by Gasteiger charge is -2.10. The zero-order valence-electron chi connectivity index (χ0n) is 13.0. The lowest BCUT2D eigenvalue weighted by molar-refractivity contribution is 0.597. The molecule has 23 heavy (non-hydrogen) atoms. The fraction of sp³-hybridized carbons (Fsp3) is 0.176.